The molecule has 0 heterocycles. The van der Waals surface area contributed by atoms with Crippen LogP contribution in [-0.4, -0.2) is 54.9 Å². The Morgan fingerprint density at radius 2 is 1.36 bits per heavy atom. The van der Waals surface area contributed by atoms with Crippen LogP contribution in [0.1, 0.15) is 65.7 Å². The quantitative estimate of drug-likeness (QED) is 0.318. The maximum absolute atomic E-state index is 5.92. The van der Waals surface area contributed by atoms with Crippen LogP contribution in [0.5, 0.6) is 0 Å². The van der Waals surface area contributed by atoms with Crippen molar-refractivity contribution < 1.29 is 13.3 Å². The Morgan fingerprint density at radius 1 is 0.818 bits per heavy atom. The van der Waals surface area contributed by atoms with Gasteiger partial charge in [0.05, 0.1) is 0 Å². The van der Waals surface area contributed by atoms with E-state index in [1.54, 1.807) is 0 Å². The molecule has 134 valence electrons. The molecule has 0 fully saturated rings. The molecule has 0 N–H and O–H groups in total. The largest absolute Gasteiger partial charge is 0.484 e. The lowest BCUT2D eigenvalue weighted by molar-refractivity contribution is 0.0863. The van der Waals surface area contributed by atoms with Crippen LogP contribution in [0.4, 0.5) is 0 Å². The molecule has 0 amide bonds. The molecular weight excluding hydrogens is 294 g/mol. The van der Waals surface area contributed by atoms with Gasteiger partial charge in [0, 0.05) is 19.8 Å². The second-order valence-corrected chi connectivity index (χ2v) is 8.02. The first-order valence-electron chi connectivity index (χ1n) is 9.09. The van der Waals surface area contributed by atoms with Gasteiger partial charge >= 0.3 is 9.53 Å². The van der Waals surface area contributed by atoms with Gasteiger partial charge in [0.15, 0.2) is 0 Å². The highest BCUT2D eigenvalue weighted by Gasteiger charge is 2.15. The van der Waals surface area contributed by atoms with Gasteiger partial charge in [0.25, 0.3) is 0 Å². The van der Waals surface area contributed by atoms with E-state index in [4.69, 9.17) is 13.3 Å². The molecule has 0 saturated heterocycles. The van der Waals surface area contributed by atoms with Crippen molar-refractivity contribution in [1.29, 1.82) is 0 Å². The Bertz CT molecular complexity index is 220. The predicted octanol–water partition coefficient (Wildman–Crippen LogP) is 3.72. The molecule has 0 aliphatic heterocycles. The number of unbranched alkanes of at least 4 members (excludes halogenated alkanes) is 2. The van der Waals surface area contributed by atoms with Gasteiger partial charge in [-0.25, -0.2) is 0 Å². The highest BCUT2D eigenvalue weighted by atomic mass is 28.3. The Balaban J connectivity index is 3.78. The van der Waals surface area contributed by atoms with Crippen LogP contribution < -0.4 is 0 Å². The first-order valence-corrected chi connectivity index (χ1v) is 10.5. The molecule has 0 saturated carbocycles. The van der Waals surface area contributed by atoms with Gasteiger partial charge in [-0.05, 0) is 58.7 Å². The van der Waals surface area contributed by atoms with E-state index in [9.17, 15) is 0 Å². The van der Waals surface area contributed by atoms with Gasteiger partial charge in [-0.3, -0.25) is 0 Å². The highest BCUT2D eigenvalue weighted by Crippen LogP contribution is 2.11. The number of nitrogens with zero attached hydrogens (tertiary/aromatic N) is 1. The summed E-state index contributed by atoms with van der Waals surface area (Å²) in [5, 5.41) is 0. The summed E-state index contributed by atoms with van der Waals surface area (Å²) in [6.45, 7) is 10.2. The van der Waals surface area contributed by atoms with E-state index in [0.29, 0.717) is 5.92 Å². The molecule has 0 radical (unpaired) electrons. The fourth-order valence-corrected chi connectivity index (χ4v) is 3.39. The van der Waals surface area contributed by atoms with Crippen molar-refractivity contribution in [1.82, 2.24) is 4.90 Å². The monoisotopic (exact) mass is 333 g/mol. The molecular formula is C17H39NO3Si. The summed E-state index contributed by atoms with van der Waals surface area (Å²) in [6, 6.07) is 0. The summed E-state index contributed by atoms with van der Waals surface area (Å²) in [4.78, 5) is 2.25. The summed E-state index contributed by atoms with van der Waals surface area (Å²) in [5.74, 6) is 0.709. The minimum atomic E-state index is -1.91. The van der Waals surface area contributed by atoms with Crippen LogP contribution in [0.2, 0.25) is 0 Å². The van der Waals surface area contributed by atoms with E-state index in [-0.39, 0.29) is 0 Å². The Hall–Kier alpha value is 0.0569. The molecule has 0 aromatic rings. The van der Waals surface area contributed by atoms with Gasteiger partial charge in [-0.2, -0.15) is 0 Å². The fraction of sp³-hybridized carbons (Fsp3) is 1.00. The number of hydrogen-bond acceptors (Lipinski definition) is 4. The van der Waals surface area contributed by atoms with Crippen LogP contribution in [0.3, 0.4) is 0 Å². The van der Waals surface area contributed by atoms with Crippen molar-refractivity contribution in [2.24, 2.45) is 5.92 Å². The highest BCUT2D eigenvalue weighted by molar-refractivity contribution is 6.36. The first-order chi connectivity index (χ1) is 10.6. The minimum Gasteiger partial charge on any atom is -0.376 e. The summed E-state index contributed by atoms with van der Waals surface area (Å²) in [7, 11) is 2.35. The normalized spacial score (nSPS) is 13.2. The van der Waals surface area contributed by atoms with E-state index >= 15 is 0 Å². The maximum Gasteiger partial charge on any atom is 0.484 e. The lowest BCUT2D eigenvalue weighted by Gasteiger charge is -2.18. The summed E-state index contributed by atoms with van der Waals surface area (Å²) < 4.78 is 17.5. The zero-order valence-electron chi connectivity index (χ0n) is 15.6. The molecule has 0 aliphatic carbocycles. The average molecular weight is 334 g/mol. The molecule has 0 aliphatic rings. The summed E-state index contributed by atoms with van der Waals surface area (Å²) in [5.41, 5.74) is 0. The smallest absolute Gasteiger partial charge is 0.376 e. The van der Waals surface area contributed by atoms with E-state index in [0.717, 1.165) is 51.9 Å². The van der Waals surface area contributed by atoms with Crippen molar-refractivity contribution in [2.45, 2.75) is 65.7 Å². The second-order valence-electron chi connectivity index (χ2n) is 6.45. The third-order valence-corrected chi connectivity index (χ3v) is 5.19. The molecule has 1 atom stereocenters. The van der Waals surface area contributed by atoms with Crippen molar-refractivity contribution in [3.8, 4) is 0 Å². The molecule has 0 aromatic carbocycles. The Kier molecular flexibility index (Phi) is 16.0. The molecule has 4 nitrogen and oxygen atoms in total. The lowest BCUT2D eigenvalue weighted by atomic mass is 10.0. The summed E-state index contributed by atoms with van der Waals surface area (Å²) in [6.07, 6.45) is 8.11. The third-order valence-electron chi connectivity index (χ3n) is 3.67. The van der Waals surface area contributed by atoms with E-state index < -0.39 is 9.53 Å². The van der Waals surface area contributed by atoms with E-state index in [1.165, 1.54) is 19.4 Å². The van der Waals surface area contributed by atoms with Crippen LogP contribution in [0.25, 0.3) is 0 Å². The SMILES string of the molecule is CCCCO[SiH](OCCCC)OCCC(C)CCCN(C)C. The predicted molar refractivity (Wildman–Crippen MR) is 96.4 cm³/mol. The zero-order chi connectivity index (χ0) is 16.6. The molecule has 0 aromatic heterocycles. The van der Waals surface area contributed by atoms with Gasteiger partial charge < -0.3 is 18.2 Å². The molecule has 0 spiro atoms. The van der Waals surface area contributed by atoms with Gasteiger partial charge in [0.1, 0.15) is 0 Å². The number of rotatable bonds is 16. The van der Waals surface area contributed by atoms with E-state index in [2.05, 4.69) is 39.8 Å². The number of hydrogen-bond donors (Lipinski definition) is 0. The van der Waals surface area contributed by atoms with Gasteiger partial charge in [-0.1, -0.05) is 33.6 Å². The molecule has 0 rings (SSSR count). The van der Waals surface area contributed by atoms with Crippen molar-refractivity contribution in [2.75, 3.05) is 40.5 Å². The topological polar surface area (TPSA) is 30.9 Å². The molecule has 1 unspecified atom stereocenters. The molecule has 0 bridgehead atoms. The second kappa shape index (κ2) is 15.9. The Labute approximate surface area is 140 Å². The van der Waals surface area contributed by atoms with Crippen molar-refractivity contribution in [3.63, 3.8) is 0 Å². The zero-order valence-corrected chi connectivity index (χ0v) is 16.8. The third kappa shape index (κ3) is 15.0. The fourth-order valence-electron chi connectivity index (χ4n) is 2.06. The summed E-state index contributed by atoms with van der Waals surface area (Å²) >= 11 is 0. The van der Waals surface area contributed by atoms with Crippen molar-refractivity contribution >= 4 is 9.53 Å². The van der Waals surface area contributed by atoms with Crippen LogP contribution in [0, 0.1) is 5.92 Å². The Morgan fingerprint density at radius 3 is 1.86 bits per heavy atom. The maximum atomic E-state index is 5.92. The van der Waals surface area contributed by atoms with Crippen LogP contribution in [-0.2, 0) is 13.3 Å². The van der Waals surface area contributed by atoms with Crippen LogP contribution in [0.15, 0.2) is 0 Å². The van der Waals surface area contributed by atoms with Crippen molar-refractivity contribution in [3.05, 3.63) is 0 Å². The minimum absolute atomic E-state index is 0.709. The standard InChI is InChI=1S/C17H39NO3Si/c1-6-8-14-19-22(20-15-9-7-2)21-16-12-17(3)11-10-13-18(4)5/h17,22H,6-16H2,1-5H3. The average Bonchev–Trinajstić information content (AvgIpc) is 2.47. The molecule has 5 heteroatoms. The van der Waals surface area contributed by atoms with E-state index in [1.807, 2.05) is 0 Å². The van der Waals surface area contributed by atoms with Gasteiger partial charge in [0.2, 0.25) is 0 Å². The molecule has 22 heavy (non-hydrogen) atoms. The van der Waals surface area contributed by atoms with Crippen LogP contribution >= 0.6 is 0 Å². The van der Waals surface area contributed by atoms with Gasteiger partial charge in [-0.15, -0.1) is 0 Å². The lowest BCUT2D eigenvalue weighted by Crippen LogP contribution is -2.29. The first kappa shape index (κ1) is 22.1.